The first-order valence-corrected chi connectivity index (χ1v) is 8.53. The second kappa shape index (κ2) is 9.39. The van der Waals surface area contributed by atoms with Crippen LogP contribution in [0.2, 0.25) is 0 Å². The number of rotatable bonds is 7. The van der Waals surface area contributed by atoms with Crippen molar-refractivity contribution in [3.63, 3.8) is 0 Å². The Balaban J connectivity index is 1.83. The Kier molecular flexibility index (Phi) is 7.21. The number of ether oxygens (including phenoxy) is 2. The molecule has 0 spiro atoms. The number of nitrogens with zero attached hydrogens (tertiary/aromatic N) is 2. The van der Waals surface area contributed by atoms with E-state index in [0.717, 1.165) is 24.3 Å². The smallest absolute Gasteiger partial charge is 0.251 e. The van der Waals surface area contributed by atoms with E-state index in [1.807, 2.05) is 29.2 Å². The molecule has 7 nitrogen and oxygen atoms in total. The SMILES string of the molecule is COc1cccc(COC(C)C(=O)N2CCCN(CC(N)=O)CC2)c1. The maximum absolute atomic E-state index is 12.6. The van der Waals surface area contributed by atoms with E-state index in [4.69, 9.17) is 15.2 Å². The van der Waals surface area contributed by atoms with Gasteiger partial charge in [0.25, 0.3) is 5.91 Å². The van der Waals surface area contributed by atoms with Crippen molar-refractivity contribution in [2.24, 2.45) is 5.73 Å². The van der Waals surface area contributed by atoms with Crippen LogP contribution in [0.4, 0.5) is 0 Å². The Labute approximate surface area is 148 Å². The lowest BCUT2D eigenvalue weighted by atomic mass is 10.2. The van der Waals surface area contributed by atoms with Gasteiger partial charge in [0.1, 0.15) is 11.9 Å². The number of carbonyl (C=O) groups excluding carboxylic acids is 2. The third-order valence-corrected chi connectivity index (χ3v) is 4.26. The second-order valence-electron chi connectivity index (χ2n) is 6.23. The average molecular weight is 349 g/mol. The zero-order chi connectivity index (χ0) is 18.2. The molecule has 0 aromatic heterocycles. The number of benzene rings is 1. The summed E-state index contributed by atoms with van der Waals surface area (Å²) < 4.78 is 10.9. The normalized spacial score (nSPS) is 17.0. The summed E-state index contributed by atoms with van der Waals surface area (Å²) in [6.45, 7) is 5.03. The Morgan fingerprint density at radius 1 is 1.24 bits per heavy atom. The van der Waals surface area contributed by atoms with E-state index in [1.165, 1.54) is 0 Å². The number of nitrogens with two attached hydrogens (primary N) is 1. The molecule has 0 aliphatic carbocycles. The largest absolute Gasteiger partial charge is 0.497 e. The molecule has 1 saturated heterocycles. The van der Waals surface area contributed by atoms with Gasteiger partial charge < -0.3 is 20.1 Å². The van der Waals surface area contributed by atoms with Gasteiger partial charge in [0, 0.05) is 26.2 Å². The summed E-state index contributed by atoms with van der Waals surface area (Å²) in [5, 5.41) is 0. The maximum Gasteiger partial charge on any atom is 0.251 e. The van der Waals surface area contributed by atoms with Gasteiger partial charge in [-0.1, -0.05) is 12.1 Å². The molecule has 1 aliphatic heterocycles. The molecular weight excluding hydrogens is 322 g/mol. The minimum absolute atomic E-state index is 0.0242. The third kappa shape index (κ3) is 6.03. The van der Waals surface area contributed by atoms with Gasteiger partial charge >= 0.3 is 0 Å². The quantitative estimate of drug-likeness (QED) is 0.780. The van der Waals surface area contributed by atoms with E-state index < -0.39 is 6.10 Å². The molecule has 0 bridgehead atoms. The lowest BCUT2D eigenvalue weighted by molar-refractivity contribution is -0.143. The number of hydrogen-bond acceptors (Lipinski definition) is 5. The molecule has 1 heterocycles. The number of hydrogen-bond donors (Lipinski definition) is 1. The van der Waals surface area contributed by atoms with Gasteiger partial charge in [-0.05, 0) is 31.0 Å². The molecule has 1 unspecified atom stereocenters. The molecule has 1 aromatic rings. The van der Waals surface area contributed by atoms with Gasteiger partial charge in [-0.15, -0.1) is 0 Å². The highest BCUT2D eigenvalue weighted by molar-refractivity contribution is 5.80. The zero-order valence-corrected chi connectivity index (χ0v) is 14.9. The molecule has 2 N–H and O–H groups in total. The van der Waals surface area contributed by atoms with Crippen molar-refractivity contribution in [2.75, 3.05) is 39.8 Å². The van der Waals surface area contributed by atoms with E-state index in [0.29, 0.717) is 26.2 Å². The molecule has 0 radical (unpaired) electrons. The van der Waals surface area contributed by atoms with Gasteiger partial charge in [-0.25, -0.2) is 0 Å². The molecule has 2 rings (SSSR count). The zero-order valence-electron chi connectivity index (χ0n) is 14.9. The first-order chi connectivity index (χ1) is 12.0. The fourth-order valence-corrected chi connectivity index (χ4v) is 2.88. The number of carbonyl (C=O) groups is 2. The Bertz CT molecular complexity index is 593. The van der Waals surface area contributed by atoms with Crippen molar-refractivity contribution in [1.29, 1.82) is 0 Å². The lowest BCUT2D eigenvalue weighted by Gasteiger charge is -2.24. The van der Waals surface area contributed by atoms with Crippen molar-refractivity contribution in [3.8, 4) is 5.75 Å². The molecule has 1 aliphatic rings. The third-order valence-electron chi connectivity index (χ3n) is 4.26. The van der Waals surface area contributed by atoms with E-state index in [1.54, 1.807) is 18.9 Å². The predicted octanol–water partition coefficient (Wildman–Crippen LogP) is 0.620. The number of primary amides is 1. The summed E-state index contributed by atoms with van der Waals surface area (Å²) >= 11 is 0. The molecular formula is C18H27N3O4. The van der Waals surface area contributed by atoms with E-state index in [-0.39, 0.29) is 18.4 Å². The molecule has 1 aromatic carbocycles. The summed E-state index contributed by atoms with van der Waals surface area (Å²) in [5.74, 6) is 0.403. The number of methoxy groups -OCH3 is 1. The van der Waals surface area contributed by atoms with E-state index in [9.17, 15) is 9.59 Å². The highest BCUT2D eigenvalue weighted by Crippen LogP contribution is 2.14. The summed E-state index contributed by atoms with van der Waals surface area (Å²) in [7, 11) is 1.62. The fraction of sp³-hybridized carbons (Fsp3) is 0.556. The van der Waals surface area contributed by atoms with Crippen molar-refractivity contribution >= 4 is 11.8 Å². The van der Waals surface area contributed by atoms with Crippen LogP contribution in [0.25, 0.3) is 0 Å². The fourth-order valence-electron chi connectivity index (χ4n) is 2.88. The van der Waals surface area contributed by atoms with Crippen molar-refractivity contribution < 1.29 is 19.1 Å². The van der Waals surface area contributed by atoms with Crippen LogP contribution >= 0.6 is 0 Å². The lowest BCUT2D eigenvalue weighted by Crippen LogP contribution is -2.42. The summed E-state index contributed by atoms with van der Waals surface area (Å²) in [6.07, 6.45) is 0.302. The standard InChI is InChI=1S/C18H27N3O4/c1-14(25-13-15-5-3-6-16(11-15)24-2)18(23)21-8-4-7-20(9-10-21)12-17(19)22/h3,5-6,11,14H,4,7-10,12-13H2,1-2H3,(H2,19,22). The van der Waals surface area contributed by atoms with Crippen LogP contribution in [0.5, 0.6) is 5.75 Å². The minimum Gasteiger partial charge on any atom is -0.497 e. The first kappa shape index (κ1) is 19.2. The van der Waals surface area contributed by atoms with Gasteiger partial charge in [0.05, 0.1) is 20.3 Å². The van der Waals surface area contributed by atoms with Gasteiger partial charge in [0.2, 0.25) is 5.91 Å². The molecule has 25 heavy (non-hydrogen) atoms. The monoisotopic (exact) mass is 349 g/mol. The second-order valence-corrected chi connectivity index (χ2v) is 6.23. The number of amides is 2. The van der Waals surface area contributed by atoms with Crippen molar-refractivity contribution in [1.82, 2.24) is 9.80 Å². The maximum atomic E-state index is 12.6. The molecule has 7 heteroatoms. The summed E-state index contributed by atoms with van der Waals surface area (Å²) in [6, 6.07) is 7.59. The summed E-state index contributed by atoms with van der Waals surface area (Å²) in [4.78, 5) is 27.4. The van der Waals surface area contributed by atoms with Crippen LogP contribution in [-0.2, 0) is 20.9 Å². The van der Waals surface area contributed by atoms with Gasteiger partial charge in [-0.3, -0.25) is 14.5 Å². The minimum atomic E-state index is -0.520. The molecule has 0 saturated carbocycles. The van der Waals surface area contributed by atoms with Crippen LogP contribution in [0, 0.1) is 0 Å². The van der Waals surface area contributed by atoms with Crippen LogP contribution in [0.3, 0.4) is 0 Å². The average Bonchev–Trinajstić information content (AvgIpc) is 2.84. The Hall–Kier alpha value is -2.12. The van der Waals surface area contributed by atoms with E-state index >= 15 is 0 Å². The Morgan fingerprint density at radius 3 is 2.76 bits per heavy atom. The molecule has 1 atom stereocenters. The van der Waals surface area contributed by atoms with E-state index in [2.05, 4.69) is 0 Å². The molecule has 1 fully saturated rings. The topological polar surface area (TPSA) is 85.1 Å². The molecule has 2 amide bonds. The highest BCUT2D eigenvalue weighted by atomic mass is 16.5. The van der Waals surface area contributed by atoms with Crippen molar-refractivity contribution in [2.45, 2.75) is 26.1 Å². The first-order valence-electron chi connectivity index (χ1n) is 8.53. The van der Waals surface area contributed by atoms with Crippen molar-refractivity contribution in [3.05, 3.63) is 29.8 Å². The molecule has 138 valence electrons. The van der Waals surface area contributed by atoms with Crippen LogP contribution in [0.1, 0.15) is 18.9 Å². The van der Waals surface area contributed by atoms with Crippen LogP contribution in [0.15, 0.2) is 24.3 Å². The predicted molar refractivity (Wildman–Crippen MR) is 94.1 cm³/mol. The highest BCUT2D eigenvalue weighted by Gasteiger charge is 2.24. The summed E-state index contributed by atoms with van der Waals surface area (Å²) in [5.41, 5.74) is 6.20. The van der Waals surface area contributed by atoms with Crippen LogP contribution in [-0.4, -0.2) is 67.6 Å². The Morgan fingerprint density at radius 2 is 2.04 bits per heavy atom. The van der Waals surface area contributed by atoms with Gasteiger partial charge in [0.15, 0.2) is 0 Å². The van der Waals surface area contributed by atoms with Gasteiger partial charge in [-0.2, -0.15) is 0 Å². The van der Waals surface area contributed by atoms with Crippen LogP contribution < -0.4 is 10.5 Å².